The fourth-order valence-electron chi connectivity index (χ4n) is 6.19. The number of ether oxygens (including phenoxy) is 1. The highest BCUT2D eigenvalue weighted by Crippen LogP contribution is 2.43. The van der Waals surface area contributed by atoms with Gasteiger partial charge in [0.15, 0.2) is 29.0 Å². The van der Waals surface area contributed by atoms with Crippen LogP contribution in [-0.4, -0.2) is 0 Å². The quantitative estimate of drug-likeness (QED) is 0.263. The van der Waals surface area contributed by atoms with Crippen LogP contribution in [0.25, 0.3) is 0 Å². The van der Waals surface area contributed by atoms with Crippen LogP contribution in [0.15, 0.2) is 18.2 Å². The Morgan fingerprint density at radius 1 is 0.743 bits per heavy atom. The van der Waals surface area contributed by atoms with Crippen molar-refractivity contribution in [1.29, 1.82) is 0 Å². The zero-order chi connectivity index (χ0) is 24.9. The maximum atomic E-state index is 15.0. The Kier molecular flexibility index (Phi) is 8.72. The summed E-state index contributed by atoms with van der Waals surface area (Å²) in [6.45, 7) is 2.26. The lowest BCUT2D eigenvalue weighted by Crippen LogP contribution is -2.26. The van der Waals surface area contributed by atoms with E-state index in [0.29, 0.717) is 24.5 Å². The minimum atomic E-state index is -1.64. The number of rotatable bonds is 8. The molecule has 2 fully saturated rings. The smallest absolute Gasteiger partial charge is 0.194 e. The predicted molar refractivity (Wildman–Crippen MR) is 126 cm³/mol. The van der Waals surface area contributed by atoms with E-state index in [1.54, 1.807) is 0 Å². The molecular formula is C29H34F5O. The number of hydrogen-bond acceptors (Lipinski definition) is 1. The summed E-state index contributed by atoms with van der Waals surface area (Å²) in [5.74, 6) is -4.12. The maximum absolute atomic E-state index is 15.0. The molecule has 0 aliphatic heterocycles. The van der Waals surface area contributed by atoms with Crippen LogP contribution in [-0.2, 0) is 6.42 Å². The Balaban J connectivity index is 1.31. The minimum absolute atomic E-state index is 0.113. The second-order valence-corrected chi connectivity index (χ2v) is 10.5. The molecule has 0 unspecified atom stereocenters. The molecule has 0 atom stereocenters. The Hall–Kier alpha value is -2.11. The first-order valence-electron chi connectivity index (χ1n) is 13.1. The summed E-state index contributed by atoms with van der Waals surface area (Å²) in [7, 11) is 0. The average molecular weight is 494 g/mol. The van der Waals surface area contributed by atoms with Crippen molar-refractivity contribution in [2.24, 2.45) is 23.7 Å². The van der Waals surface area contributed by atoms with Gasteiger partial charge in [-0.05, 0) is 68.3 Å². The average Bonchev–Trinajstić information content (AvgIpc) is 2.85. The van der Waals surface area contributed by atoms with Gasteiger partial charge in [0.1, 0.15) is 11.6 Å². The monoisotopic (exact) mass is 493 g/mol. The van der Waals surface area contributed by atoms with Gasteiger partial charge in [-0.15, -0.1) is 0 Å². The first kappa shape index (κ1) is 26.0. The Labute approximate surface area is 205 Å². The van der Waals surface area contributed by atoms with E-state index in [2.05, 4.69) is 13.0 Å². The van der Waals surface area contributed by atoms with E-state index in [1.807, 2.05) is 0 Å². The Morgan fingerprint density at radius 2 is 1.29 bits per heavy atom. The van der Waals surface area contributed by atoms with Gasteiger partial charge in [-0.1, -0.05) is 45.4 Å². The SMILES string of the molecule is CCC[C@H]1CC[C@H](C2CCC(CCc3c(F)c[c]c(Oc4cc(F)c(F)c(F)c4)c3F)CC2)CC1. The van der Waals surface area contributed by atoms with Crippen LogP contribution in [0.2, 0.25) is 0 Å². The van der Waals surface area contributed by atoms with E-state index >= 15 is 0 Å². The summed E-state index contributed by atoms with van der Waals surface area (Å²) in [6.07, 6.45) is 13.5. The minimum Gasteiger partial charge on any atom is -0.453 e. The van der Waals surface area contributed by atoms with Gasteiger partial charge in [0.25, 0.3) is 0 Å². The summed E-state index contributed by atoms with van der Waals surface area (Å²) in [4.78, 5) is 0. The number of benzene rings is 2. The van der Waals surface area contributed by atoms with Crippen LogP contribution in [0.4, 0.5) is 22.0 Å². The largest absolute Gasteiger partial charge is 0.453 e. The van der Waals surface area contributed by atoms with Crippen molar-refractivity contribution in [3.8, 4) is 11.5 Å². The zero-order valence-electron chi connectivity index (χ0n) is 20.3. The summed E-state index contributed by atoms with van der Waals surface area (Å²) in [6, 6.07) is 4.52. The molecule has 35 heavy (non-hydrogen) atoms. The molecule has 0 N–H and O–H groups in total. The maximum Gasteiger partial charge on any atom is 0.194 e. The molecule has 0 spiro atoms. The lowest BCUT2D eigenvalue weighted by atomic mass is 9.68. The van der Waals surface area contributed by atoms with Gasteiger partial charge in [0.05, 0.1) is 0 Å². The van der Waals surface area contributed by atoms with E-state index < -0.39 is 40.6 Å². The molecule has 191 valence electrons. The van der Waals surface area contributed by atoms with E-state index in [-0.39, 0.29) is 12.0 Å². The zero-order valence-corrected chi connectivity index (χ0v) is 20.3. The van der Waals surface area contributed by atoms with Gasteiger partial charge in [-0.25, -0.2) is 22.0 Å². The first-order valence-corrected chi connectivity index (χ1v) is 13.1. The summed E-state index contributed by atoms with van der Waals surface area (Å²) in [5, 5.41) is 0. The van der Waals surface area contributed by atoms with Gasteiger partial charge in [-0.2, -0.15) is 0 Å². The van der Waals surface area contributed by atoms with Gasteiger partial charge in [0, 0.05) is 23.8 Å². The van der Waals surface area contributed by atoms with Crippen molar-refractivity contribution < 1.29 is 26.7 Å². The highest BCUT2D eigenvalue weighted by atomic mass is 19.2. The van der Waals surface area contributed by atoms with E-state index in [0.717, 1.165) is 36.7 Å². The van der Waals surface area contributed by atoms with Gasteiger partial charge in [-0.3, -0.25) is 0 Å². The van der Waals surface area contributed by atoms with Crippen molar-refractivity contribution >= 4 is 0 Å². The van der Waals surface area contributed by atoms with Crippen molar-refractivity contribution in [2.45, 2.75) is 84.0 Å². The van der Waals surface area contributed by atoms with E-state index in [1.165, 1.54) is 51.4 Å². The molecule has 1 radical (unpaired) electrons. The van der Waals surface area contributed by atoms with Gasteiger partial charge < -0.3 is 4.74 Å². The lowest BCUT2D eigenvalue weighted by Gasteiger charge is -2.38. The van der Waals surface area contributed by atoms with Crippen molar-refractivity contribution in [1.82, 2.24) is 0 Å². The molecule has 0 amide bonds. The molecule has 2 saturated carbocycles. The van der Waals surface area contributed by atoms with Gasteiger partial charge >= 0.3 is 0 Å². The van der Waals surface area contributed by atoms with Crippen molar-refractivity contribution in [3.63, 3.8) is 0 Å². The number of halogens is 5. The molecule has 4 rings (SSSR count). The molecular weight excluding hydrogens is 459 g/mol. The standard InChI is InChI=1S/C29H34F5O/c1-2-3-18-4-9-20(10-5-18)21-11-6-19(7-12-21)8-13-23-24(30)14-15-27(28(23)33)35-22-16-25(31)29(34)26(32)17-22/h14,16-21H,2-13H2,1H3/t18-,19?,20-,21?. The summed E-state index contributed by atoms with van der Waals surface area (Å²) < 4.78 is 74.6. The Morgan fingerprint density at radius 3 is 1.83 bits per heavy atom. The second kappa shape index (κ2) is 11.7. The van der Waals surface area contributed by atoms with Crippen LogP contribution in [0.5, 0.6) is 11.5 Å². The van der Waals surface area contributed by atoms with Gasteiger partial charge in [0.2, 0.25) is 0 Å². The molecule has 0 aromatic heterocycles. The van der Waals surface area contributed by atoms with Crippen LogP contribution >= 0.6 is 0 Å². The van der Waals surface area contributed by atoms with Crippen LogP contribution in [0.1, 0.15) is 83.1 Å². The highest BCUT2D eigenvalue weighted by Gasteiger charge is 2.31. The van der Waals surface area contributed by atoms with E-state index in [4.69, 9.17) is 4.74 Å². The summed E-state index contributed by atoms with van der Waals surface area (Å²) in [5.41, 5.74) is -0.113. The lowest BCUT2D eigenvalue weighted by molar-refractivity contribution is 0.141. The third kappa shape index (κ3) is 6.37. The predicted octanol–water partition coefficient (Wildman–Crippen LogP) is 9.32. The third-order valence-corrected chi connectivity index (χ3v) is 8.21. The topological polar surface area (TPSA) is 9.23 Å². The van der Waals surface area contributed by atoms with E-state index in [9.17, 15) is 22.0 Å². The molecule has 0 saturated heterocycles. The molecule has 1 nitrogen and oxygen atoms in total. The highest BCUT2D eigenvalue weighted by molar-refractivity contribution is 5.36. The van der Waals surface area contributed by atoms with Crippen molar-refractivity contribution in [3.05, 3.63) is 58.9 Å². The molecule has 0 heterocycles. The second-order valence-electron chi connectivity index (χ2n) is 10.5. The van der Waals surface area contributed by atoms with Crippen LogP contribution in [0, 0.1) is 58.8 Å². The normalized spacial score (nSPS) is 25.0. The third-order valence-electron chi connectivity index (χ3n) is 8.21. The molecule has 2 aliphatic carbocycles. The number of hydrogen-bond donors (Lipinski definition) is 0. The molecule has 2 aromatic rings. The first-order chi connectivity index (χ1) is 16.9. The van der Waals surface area contributed by atoms with Crippen LogP contribution < -0.4 is 4.74 Å². The molecule has 2 aliphatic rings. The molecule has 2 aromatic carbocycles. The molecule has 6 heteroatoms. The summed E-state index contributed by atoms with van der Waals surface area (Å²) >= 11 is 0. The fourth-order valence-corrected chi connectivity index (χ4v) is 6.19. The Bertz CT molecular complexity index is 968. The van der Waals surface area contributed by atoms with Crippen LogP contribution in [0.3, 0.4) is 0 Å². The molecule has 0 bridgehead atoms. The van der Waals surface area contributed by atoms with Crippen molar-refractivity contribution in [2.75, 3.05) is 0 Å². The fraction of sp³-hybridized carbons (Fsp3) is 0.586.